The Morgan fingerprint density at radius 3 is 2.48 bits per heavy atom. The standard InChI is InChI=1S/C22H26N2O3/c1-16-10-12-24(13-11-16)20-8-6-19(7-9-20)23-22(26)15-27-21-5-3-4-18(14-21)17(2)25/h3-9,14,16H,10-13,15H2,1-2H3,(H,23,26). The Kier molecular flexibility index (Phi) is 6.12. The SMILES string of the molecule is CC(=O)c1cccc(OCC(=O)Nc2ccc(N3CCC(C)CC3)cc2)c1. The van der Waals surface area contributed by atoms with Gasteiger partial charge in [-0.15, -0.1) is 0 Å². The number of hydrogen-bond donors (Lipinski definition) is 1. The lowest BCUT2D eigenvalue weighted by Gasteiger charge is -2.32. The van der Waals surface area contributed by atoms with Crippen molar-refractivity contribution < 1.29 is 14.3 Å². The van der Waals surface area contributed by atoms with Crippen molar-refractivity contribution in [2.24, 2.45) is 5.92 Å². The summed E-state index contributed by atoms with van der Waals surface area (Å²) in [7, 11) is 0. The van der Waals surface area contributed by atoms with Crippen molar-refractivity contribution in [1.29, 1.82) is 0 Å². The lowest BCUT2D eigenvalue weighted by molar-refractivity contribution is -0.118. The van der Waals surface area contributed by atoms with Gasteiger partial charge in [-0.2, -0.15) is 0 Å². The van der Waals surface area contributed by atoms with E-state index in [1.165, 1.54) is 25.5 Å². The largest absolute Gasteiger partial charge is 0.484 e. The maximum Gasteiger partial charge on any atom is 0.262 e. The van der Waals surface area contributed by atoms with E-state index in [1.54, 1.807) is 24.3 Å². The van der Waals surface area contributed by atoms with Crippen LogP contribution in [0.2, 0.25) is 0 Å². The Morgan fingerprint density at radius 2 is 1.81 bits per heavy atom. The van der Waals surface area contributed by atoms with Crippen LogP contribution in [0.15, 0.2) is 48.5 Å². The number of ketones is 1. The number of ether oxygens (including phenoxy) is 1. The number of anilines is 2. The first-order valence-corrected chi connectivity index (χ1v) is 9.40. The Labute approximate surface area is 160 Å². The van der Waals surface area contributed by atoms with Gasteiger partial charge >= 0.3 is 0 Å². The second kappa shape index (κ2) is 8.71. The lowest BCUT2D eigenvalue weighted by Crippen LogP contribution is -2.32. The highest BCUT2D eigenvalue weighted by atomic mass is 16.5. The van der Waals surface area contributed by atoms with Crippen molar-refractivity contribution in [3.8, 4) is 5.75 Å². The van der Waals surface area contributed by atoms with Crippen LogP contribution < -0.4 is 15.0 Å². The number of rotatable bonds is 6. The third kappa shape index (κ3) is 5.33. The lowest BCUT2D eigenvalue weighted by atomic mass is 9.99. The van der Waals surface area contributed by atoms with Gasteiger partial charge in [0.25, 0.3) is 5.91 Å². The molecule has 5 heteroatoms. The zero-order valence-corrected chi connectivity index (χ0v) is 15.9. The van der Waals surface area contributed by atoms with Gasteiger partial charge in [-0.1, -0.05) is 19.1 Å². The van der Waals surface area contributed by atoms with Gasteiger partial charge in [0.2, 0.25) is 0 Å². The Hall–Kier alpha value is -2.82. The summed E-state index contributed by atoms with van der Waals surface area (Å²) >= 11 is 0. The summed E-state index contributed by atoms with van der Waals surface area (Å²) in [5.74, 6) is 1.04. The molecule has 2 aromatic rings. The van der Waals surface area contributed by atoms with E-state index in [4.69, 9.17) is 4.74 Å². The predicted molar refractivity (Wildman–Crippen MR) is 108 cm³/mol. The second-order valence-corrected chi connectivity index (χ2v) is 7.14. The third-order valence-corrected chi connectivity index (χ3v) is 4.91. The van der Waals surface area contributed by atoms with Crippen molar-refractivity contribution in [1.82, 2.24) is 0 Å². The van der Waals surface area contributed by atoms with Gasteiger partial charge in [-0.25, -0.2) is 0 Å². The van der Waals surface area contributed by atoms with E-state index in [2.05, 4.69) is 17.1 Å². The first kappa shape index (κ1) is 19.0. The summed E-state index contributed by atoms with van der Waals surface area (Å²) in [5.41, 5.74) is 2.50. The number of carbonyl (C=O) groups is 2. The second-order valence-electron chi connectivity index (χ2n) is 7.14. The fraction of sp³-hybridized carbons (Fsp3) is 0.364. The Balaban J connectivity index is 1.50. The molecule has 1 N–H and O–H groups in total. The molecular weight excluding hydrogens is 340 g/mol. The van der Waals surface area contributed by atoms with Gasteiger partial charge < -0.3 is 15.0 Å². The molecule has 0 spiro atoms. The molecule has 0 radical (unpaired) electrons. The van der Waals surface area contributed by atoms with Gasteiger partial charge in [-0.05, 0) is 62.1 Å². The smallest absolute Gasteiger partial charge is 0.262 e. The van der Waals surface area contributed by atoms with Crippen LogP contribution in [0.4, 0.5) is 11.4 Å². The maximum atomic E-state index is 12.1. The van der Waals surface area contributed by atoms with Crippen molar-refractivity contribution in [2.75, 3.05) is 29.9 Å². The van der Waals surface area contributed by atoms with E-state index in [0.29, 0.717) is 11.3 Å². The van der Waals surface area contributed by atoms with Gasteiger partial charge in [-0.3, -0.25) is 9.59 Å². The number of hydrogen-bond acceptors (Lipinski definition) is 4. The molecule has 27 heavy (non-hydrogen) atoms. The first-order valence-electron chi connectivity index (χ1n) is 9.40. The molecule has 0 atom stereocenters. The molecule has 1 saturated heterocycles. The molecule has 0 aliphatic carbocycles. The van der Waals surface area contributed by atoms with Crippen LogP contribution in [0, 0.1) is 5.92 Å². The van der Waals surface area contributed by atoms with E-state index >= 15 is 0 Å². The Bertz CT molecular complexity index is 793. The molecule has 1 aliphatic heterocycles. The fourth-order valence-electron chi connectivity index (χ4n) is 3.17. The van der Waals surface area contributed by atoms with E-state index < -0.39 is 0 Å². The molecule has 2 aromatic carbocycles. The zero-order chi connectivity index (χ0) is 19.2. The molecule has 1 aliphatic rings. The number of piperidine rings is 1. The van der Waals surface area contributed by atoms with E-state index in [9.17, 15) is 9.59 Å². The minimum atomic E-state index is -0.234. The third-order valence-electron chi connectivity index (χ3n) is 4.91. The number of nitrogens with one attached hydrogen (secondary N) is 1. The van der Waals surface area contributed by atoms with Crippen LogP contribution in [-0.4, -0.2) is 31.4 Å². The van der Waals surface area contributed by atoms with Crippen LogP contribution in [0.1, 0.15) is 37.0 Å². The highest BCUT2D eigenvalue weighted by Crippen LogP contribution is 2.24. The minimum Gasteiger partial charge on any atom is -0.484 e. The summed E-state index contributed by atoms with van der Waals surface area (Å²) in [4.78, 5) is 25.9. The van der Waals surface area contributed by atoms with Crippen LogP contribution in [0.3, 0.4) is 0 Å². The maximum absolute atomic E-state index is 12.1. The molecule has 142 valence electrons. The molecule has 5 nitrogen and oxygen atoms in total. The van der Waals surface area contributed by atoms with Crippen LogP contribution in [0.5, 0.6) is 5.75 Å². The summed E-state index contributed by atoms with van der Waals surface area (Å²) < 4.78 is 5.49. The summed E-state index contributed by atoms with van der Waals surface area (Å²) in [6.45, 7) is 5.86. The minimum absolute atomic E-state index is 0.0341. The van der Waals surface area contributed by atoms with Gasteiger partial charge in [0.1, 0.15) is 5.75 Å². The summed E-state index contributed by atoms with van der Waals surface area (Å²) in [6.07, 6.45) is 2.45. The van der Waals surface area contributed by atoms with Crippen LogP contribution in [0.25, 0.3) is 0 Å². The first-order chi connectivity index (χ1) is 13.0. The molecular formula is C22H26N2O3. The van der Waals surface area contributed by atoms with Crippen molar-refractivity contribution in [2.45, 2.75) is 26.7 Å². The monoisotopic (exact) mass is 366 g/mol. The highest BCUT2D eigenvalue weighted by Gasteiger charge is 2.16. The summed E-state index contributed by atoms with van der Waals surface area (Å²) in [6, 6.07) is 14.8. The van der Waals surface area contributed by atoms with E-state index in [1.807, 2.05) is 24.3 Å². The highest BCUT2D eigenvalue weighted by molar-refractivity contribution is 5.94. The normalized spacial score (nSPS) is 14.7. The molecule has 0 aromatic heterocycles. The number of nitrogens with zero attached hydrogens (tertiary/aromatic N) is 1. The van der Waals surface area contributed by atoms with Crippen molar-refractivity contribution in [3.63, 3.8) is 0 Å². The van der Waals surface area contributed by atoms with Gasteiger partial charge in [0, 0.05) is 30.0 Å². The Morgan fingerprint density at radius 1 is 1.11 bits per heavy atom. The predicted octanol–water partition coefficient (Wildman–Crippen LogP) is 4.14. The number of carbonyl (C=O) groups excluding carboxylic acids is 2. The molecule has 0 saturated carbocycles. The van der Waals surface area contributed by atoms with Gasteiger partial charge in [0.15, 0.2) is 12.4 Å². The number of amides is 1. The molecule has 0 unspecified atom stereocenters. The topological polar surface area (TPSA) is 58.6 Å². The van der Waals surface area contributed by atoms with Crippen molar-refractivity contribution >= 4 is 23.1 Å². The van der Waals surface area contributed by atoms with Gasteiger partial charge in [0.05, 0.1) is 0 Å². The molecule has 3 rings (SSSR count). The number of Topliss-reactive ketones (excluding diaryl/α,β-unsaturated/α-hetero) is 1. The van der Waals surface area contributed by atoms with Crippen LogP contribution in [-0.2, 0) is 4.79 Å². The molecule has 1 fully saturated rings. The molecule has 1 heterocycles. The fourth-order valence-corrected chi connectivity index (χ4v) is 3.17. The molecule has 1 amide bonds. The molecule has 0 bridgehead atoms. The average Bonchev–Trinajstić information content (AvgIpc) is 2.68. The van der Waals surface area contributed by atoms with Crippen LogP contribution >= 0.6 is 0 Å². The number of benzene rings is 2. The quantitative estimate of drug-likeness (QED) is 0.781. The van der Waals surface area contributed by atoms with Crippen molar-refractivity contribution in [3.05, 3.63) is 54.1 Å². The van der Waals surface area contributed by atoms with E-state index in [-0.39, 0.29) is 18.3 Å². The zero-order valence-electron chi connectivity index (χ0n) is 15.9. The van der Waals surface area contributed by atoms with E-state index in [0.717, 1.165) is 24.7 Å². The average molecular weight is 366 g/mol. The summed E-state index contributed by atoms with van der Waals surface area (Å²) in [5, 5.41) is 2.84.